The molecule has 4 fully saturated rings. The van der Waals surface area contributed by atoms with Crippen LogP contribution in [0.5, 0.6) is 0 Å². The highest BCUT2D eigenvalue weighted by Crippen LogP contribution is 2.38. The number of aromatic nitrogens is 5. The van der Waals surface area contributed by atoms with Gasteiger partial charge in [-0.25, -0.2) is 18.7 Å². The summed E-state index contributed by atoms with van der Waals surface area (Å²) in [5.74, 6) is -0.948. The van der Waals surface area contributed by atoms with Gasteiger partial charge in [0.15, 0.2) is 11.3 Å². The third kappa shape index (κ3) is 10.8. The highest BCUT2D eigenvalue weighted by atomic mass is 19.4. The number of hydrogen-bond donors (Lipinski definition) is 4. The molecule has 4 N–H and O–H groups in total. The summed E-state index contributed by atoms with van der Waals surface area (Å²) in [6.07, 6.45) is 3.00. The Morgan fingerprint density at radius 1 is 0.938 bits per heavy atom. The van der Waals surface area contributed by atoms with E-state index in [0.29, 0.717) is 43.5 Å². The monoisotopic (exact) mass is 893 g/mol. The van der Waals surface area contributed by atoms with Gasteiger partial charge in [-0.15, -0.1) is 0 Å². The summed E-state index contributed by atoms with van der Waals surface area (Å²) < 4.78 is 66.0. The molecule has 4 aliphatic rings. The van der Waals surface area contributed by atoms with Crippen LogP contribution in [-0.4, -0.2) is 110 Å². The van der Waals surface area contributed by atoms with Gasteiger partial charge in [0.2, 0.25) is 11.8 Å². The number of hydrogen-bond acceptors (Lipinski definition) is 11. The Balaban J connectivity index is 0.839. The van der Waals surface area contributed by atoms with Crippen molar-refractivity contribution < 1.29 is 41.5 Å². The number of amides is 4. The highest BCUT2D eigenvalue weighted by molar-refractivity contribution is 6.08. The number of nitrogens with one attached hydrogen (secondary N) is 4. The number of carbonyl (C=O) groups excluding carboxylic acids is 4. The van der Waals surface area contributed by atoms with E-state index in [2.05, 4.69) is 41.3 Å². The Hall–Kier alpha value is -5.79. The predicted molar refractivity (Wildman–Crippen MR) is 229 cm³/mol. The molecular formula is C44H55F4N11O5. The van der Waals surface area contributed by atoms with E-state index >= 15 is 0 Å². The molecular weight excluding hydrogens is 839 g/mol. The van der Waals surface area contributed by atoms with Gasteiger partial charge in [0, 0.05) is 63.1 Å². The lowest BCUT2D eigenvalue weighted by molar-refractivity contribution is -0.141. The van der Waals surface area contributed by atoms with Gasteiger partial charge >= 0.3 is 12.3 Å². The van der Waals surface area contributed by atoms with Crippen LogP contribution in [0.3, 0.4) is 0 Å². The summed E-state index contributed by atoms with van der Waals surface area (Å²) in [6, 6.07) is 8.90. The van der Waals surface area contributed by atoms with Crippen LogP contribution in [0.25, 0.3) is 5.65 Å². The predicted octanol–water partition coefficient (Wildman–Crippen LogP) is 6.47. The summed E-state index contributed by atoms with van der Waals surface area (Å²) in [4.78, 5) is 58.5. The van der Waals surface area contributed by atoms with Gasteiger partial charge in [0.05, 0.1) is 36.4 Å². The van der Waals surface area contributed by atoms with Gasteiger partial charge < -0.3 is 30.5 Å². The SMILES string of the molecule is CC(C)(C)OC(=O)N[C@@H]1C[C@@H](F)CN(c2ccn3ncc(C(=O)Nc4cn(C5CCC(CN6CCC(Nc7ccc(C8CCC(=O)NC8=O)cc7)CC6)CC5)nc4C(F)(F)F)c3n2)C1. The third-order valence-electron chi connectivity index (χ3n) is 12.5. The maximum atomic E-state index is 14.9. The number of nitrogens with zero attached hydrogens (tertiary/aromatic N) is 7. The van der Waals surface area contributed by atoms with Crippen molar-refractivity contribution >= 4 is 46.7 Å². The fraction of sp³-hybridized carbons (Fsp3) is 0.568. The van der Waals surface area contributed by atoms with Crippen LogP contribution in [0.15, 0.2) is 48.9 Å². The van der Waals surface area contributed by atoms with Gasteiger partial charge in [0.1, 0.15) is 23.2 Å². The topological polar surface area (TPSA) is 180 Å². The first-order valence-electron chi connectivity index (χ1n) is 22.1. The summed E-state index contributed by atoms with van der Waals surface area (Å²) in [6.45, 7) is 8.13. The molecule has 3 atom stereocenters. The van der Waals surface area contributed by atoms with Gasteiger partial charge in [-0.3, -0.25) is 24.4 Å². The number of benzene rings is 1. The highest BCUT2D eigenvalue weighted by Gasteiger charge is 2.40. The van der Waals surface area contributed by atoms with Crippen LogP contribution >= 0.6 is 0 Å². The fourth-order valence-corrected chi connectivity index (χ4v) is 9.34. The van der Waals surface area contributed by atoms with Crippen molar-refractivity contribution in [2.45, 2.75) is 121 Å². The molecule has 16 nitrogen and oxygen atoms in total. The number of ether oxygens (including phenoxy) is 1. The number of alkyl halides is 4. The largest absolute Gasteiger partial charge is 0.444 e. The van der Waals surface area contributed by atoms with Crippen molar-refractivity contribution in [2.75, 3.05) is 48.3 Å². The molecule has 64 heavy (non-hydrogen) atoms. The standard InChI is InChI=1S/C44H55F4N11O5/c1-43(2,3)64-42(63)51-31-20-28(45)23-57(24-31)36-16-19-58-39(53-36)34(21-49-58)41(62)52-35-25-59(55-38(35)44(46,47)48)32-10-4-26(5-11-32)22-56-17-14-30(15-18-56)50-29-8-6-27(7-9-29)33-12-13-37(60)54-40(33)61/h6-9,16,19,21,25-26,28,30-33,50H,4-5,10-15,17-18,20,22-24H2,1-3H3,(H,51,63)(H,52,62)(H,54,60,61)/t26?,28-,31-,32?,33?/m1/s1. The maximum Gasteiger partial charge on any atom is 0.437 e. The van der Waals surface area contributed by atoms with Crippen LogP contribution in [0, 0.1) is 5.92 Å². The molecule has 3 aromatic heterocycles. The molecule has 20 heteroatoms. The third-order valence-corrected chi connectivity index (χ3v) is 12.5. The molecule has 3 aliphatic heterocycles. The summed E-state index contributed by atoms with van der Waals surface area (Å²) in [5.41, 5.74) is -0.534. The van der Waals surface area contributed by atoms with Crippen molar-refractivity contribution in [3.05, 3.63) is 65.7 Å². The number of fused-ring (bicyclic) bond motifs is 1. The van der Waals surface area contributed by atoms with Crippen LogP contribution in [0.4, 0.5) is 39.5 Å². The van der Waals surface area contributed by atoms with Crippen molar-refractivity contribution in [3.8, 4) is 0 Å². The van der Waals surface area contributed by atoms with E-state index < -0.39 is 47.4 Å². The first kappa shape index (κ1) is 44.8. The molecule has 8 rings (SSSR count). The molecule has 6 heterocycles. The average molecular weight is 894 g/mol. The number of likely N-dealkylation sites (tertiary alicyclic amines) is 1. The minimum Gasteiger partial charge on any atom is -0.444 e. The zero-order chi connectivity index (χ0) is 45.3. The lowest BCUT2D eigenvalue weighted by Crippen LogP contribution is -2.52. The zero-order valence-electron chi connectivity index (χ0n) is 36.2. The number of piperidine rings is 3. The molecule has 344 valence electrons. The second kappa shape index (κ2) is 18.4. The van der Waals surface area contributed by atoms with Gasteiger partial charge in [-0.05, 0) is 95.4 Å². The first-order valence-corrected chi connectivity index (χ1v) is 22.1. The molecule has 1 aromatic carbocycles. The molecule has 1 aliphatic carbocycles. The van der Waals surface area contributed by atoms with Crippen molar-refractivity contribution in [1.29, 1.82) is 0 Å². The van der Waals surface area contributed by atoms with Gasteiger partial charge in [-0.2, -0.15) is 23.4 Å². The Morgan fingerprint density at radius 2 is 1.67 bits per heavy atom. The van der Waals surface area contributed by atoms with Gasteiger partial charge in [-0.1, -0.05) is 12.1 Å². The molecule has 0 radical (unpaired) electrons. The molecule has 1 unspecified atom stereocenters. The number of halogens is 4. The Bertz CT molecular complexity index is 2330. The lowest BCUT2D eigenvalue weighted by atomic mass is 9.85. The van der Waals surface area contributed by atoms with Crippen LogP contribution in [0.2, 0.25) is 0 Å². The Labute approximate surface area is 367 Å². The maximum absolute atomic E-state index is 14.9. The van der Waals surface area contributed by atoms with Crippen LogP contribution in [0.1, 0.15) is 112 Å². The molecule has 0 bridgehead atoms. The van der Waals surface area contributed by atoms with Crippen LogP contribution < -0.4 is 26.2 Å². The molecule has 3 saturated heterocycles. The molecule has 0 spiro atoms. The fourth-order valence-electron chi connectivity index (χ4n) is 9.34. The van der Waals surface area contributed by atoms with Crippen molar-refractivity contribution in [2.24, 2.45) is 5.92 Å². The lowest BCUT2D eigenvalue weighted by Gasteiger charge is -2.37. The Morgan fingerprint density at radius 3 is 2.36 bits per heavy atom. The minimum absolute atomic E-state index is 0.0210. The number of alkyl carbamates (subject to hydrolysis) is 1. The summed E-state index contributed by atoms with van der Waals surface area (Å²) in [5, 5.41) is 19.3. The van der Waals surface area contributed by atoms with E-state index in [1.807, 2.05) is 24.3 Å². The zero-order valence-corrected chi connectivity index (χ0v) is 36.2. The van der Waals surface area contributed by atoms with E-state index in [0.717, 1.165) is 56.6 Å². The van der Waals surface area contributed by atoms with Crippen molar-refractivity contribution in [1.82, 2.24) is 39.9 Å². The number of anilines is 3. The smallest absolute Gasteiger partial charge is 0.437 e. The number of imide groups is 1. The van der Waals surface area contributed by atoms with E-state index in [4.69, 9.17) is 4.74 Å². The van der Waals surface area contributed by atoms with E-state index in [1.54, 1.807) is 31.7 Å². The second-order valence-electron chi connectivity index (χ2n) is 18.5. The molecule has 4 amide bonds. The minimum atomic E-state index is -4.83. The summed E-state index contributed by atoms with van der Waals surface area (Å²) >= 11 is 0. The normalized spacial score (nSPS) is 24.0. The second-order valence-corrected chi connectivity index (χ2v) is 18.5. The van der Waals surface area contributed by atoms with Crippen LogP contribution in [-0.2, 0) is 20.5 Å². The van der Waals surface area contributed by atoms with Gasteiger partial charge in [0.25, 0.3) is 5.91 Å². The quantitative estimate of drug-likeness (QED) is 0.101. The number of carbonyl (C=O) groups is 4. The molecule has 4 aromatic rings. The first-order chi connectivity index (χ1) is 30.4. The molecule has 1 saturated carbocycles. The summed E-state index contributed by atoms with van der Waals surface area (Å²) in [7, 11) is 0. The van der Waals surface area contributed by atoms with E-state index in [9.17, 15) is 36.7 Å². The average Bonchev–Trinajstić information content (AvgIpc) is 3.86. The van der Waals surface area contributed by atoms with E-state index in [-0.39, 0.29) is 54.5 Å². The Kier molecular flexibility index (Phi) is 12.9. The number of rotatable bonds is 10. The van der Waals surface area contributed by atoms with Crippen molar-refractivity contribution in [3.63, 3.8) is 0 Å². The van der Waals surface area contributed by atoms with E-state index in [1.165, 1.54) is 27.8 Å².